The third kappa shape index (κ3) is 6.32. The Morgan fingerprint density at radius 2 is 1.65 bits per heavy atom. The second kappa shape index (κ2) is 11.5. The van der Waals surface area contributed by atoms with Crippen molar-refractivity contribution in [1.29, 1.82) is 0 Å². The number of para-hydroxylation sites is 2. The lowest BCUT2D eigenvalue weighted by Crippen LogP contribution is -2.35. The van der Waals surface area contributed by atoms with Crippen molar-refractivity contribution >= 4 is 38.2 Å². The van der Waals surface area contributed by atoms with Crippen LogP contribution in [0.2, 0.25) is 0 Å². The van der Waals surface area contributed by atoms with Crippen molar-refractivity contribution in [2.75, 3.05) is 10.6 Å². The molecule has 0 saturated carbocycles. The number of carbonyl (C=O) groups excluding carboxylic acids is 1. The summed E-state index contributed by atoms with van der Waals surface area (Å²) in [5, 5.41) is 8.28. The highest BCUT2D eigenvalue weighted by Gasteiger charge is 2.21. The molecule has 1 atom stereocenters. The van der Waals surface area contributed by atoms with Gasteiger partial charge in [-0.3, -0.25) is 4.79 Å². The summed E-state index contributed by atoms with van der Waals surface area (Å²) in [6.45, 7) is 4.81. The summed E-state index contributed by atoms with van der Waals surface area (Å²) in [6, 6.07) is 21.9. The molecule has 0 fully saturated rings. The maximum absolute atomic E-state index is 12.7. The highest BCUT2D eigenvalue weighted by atomic mass is 32.2. The van der Waals surface area contributed by atoms with Crippen LogP contribution in [0.4, 0.5) is 11.4 Å². The van der Waals surface area contributed by atoms with Gasteiger partial charge in [-0.25, -0.2) is 13.1 Å². The molecule has 0 aliphatic carbocycles. The fraction of sp³-hybridized carbons (Fsp3) is 0.276. The van der Waals surface area contributed by atoms with Gasteiger partial charge in [0.2, 0.25) is 5.91 Å². The lowest BCUT2D eigenvalue weighted by atomic mass is 10.1. The lowest BCUT2D eigenvalue weighted by molar-refractivity contribution is -0.119. The van der Waals surface area contributed by atoms with Gasteiger partial charge in [0.15, 0.2) is 0 Å². The Bertz CT molecular complexity index is 1480. The molecule has 0 spiro atoms. The number of rotatable bonds is 11. The first-order valence-corrected chi connectivity index (χ1v) is 14.0. The van der Waals surface area contributed by atoms with Crippen LogP contribution in [-0.4, -0.2) is 24.9 Å². The molecule has 0 bridgehead atoms. The van der Waals surface area contributed by atoms with Crippen LogP contribution in [0.5, 0.6) is 0 Å². The van der Waals surface area contributed by atoms with Crippen molar-refractivity contribution in [2.24, 2.45) is 7.05 Å². The first-order chi connectivity index (χ1) is 17.8. The third-order valence-electron chi connectivity index (χ3n) is 6.43. The van der Waals surface area contributed by atoms with E-state index in [1.807, 2.05) is 31.2 Å². The van der Waals surface area contributed by atoms with Crippen molar-refractivity contribution < 1.29 is 13.2 Å². The minimum atomic E-state index is -3.90. The van der Waals surface area contributed by atoms with E-state index in [-0.39, 0.29) is 17.4 Å². The minimum Gasteiger partial charge on any atom is -0.380 e. The maximum Gasteiger partial charge on any atom is 0.264 e. The number of hydrogen-bond acceptors (Lipinski definition) is 5. The van der Waals surface area contributed by atoms with Gasteiger partial charge in [0.05, 0.1) is 16.3 Å². The number of aryl methyl sites for hydroxylation is 2. The molecule has 1 heterocycles. The number of carbonyl (C=O) groups is 1. The van der Waals surface area contributed by atoms with Crippen LogP contribution in [0.1, 0.15) is 37.3 Å². The third-order valence-corrected chi connectivity index (χ3v) is 7.82. The SMILES string of the molecule is CCC[C@@H](CC(=O)NS(=O)(=O)c1ccccc1)Nc1ccccc1NCc1cn(C)c2cccc(C)c12. The van der Waals surface area contributed by atoms with Gasteiger partial charge < -0.3 is 15.2 Å². The summed E-state index contributed by atoms with van der Waals surface area (Å²) >= 11 is 0. The zero-order chi connectivity index (χ0) is 26.4. The molecule has 3 N–H and O–H groups in total. The molecule has 0 saturated heterocycles. The van der Waals surface area contributed by atoms with E-state index in [4.69, 9.17) is 0 Å². The van der Waals surface area contributed by atoms with Gasteiger partial charge in [-0.05, 0) is 54.8 Å². The summed E-state index contributed by atoms with van der Waals surface area (Å²) in [6.07, 6.45) is 3.76. The predicted molar refractivity (Wildman–Crippen MR) is 150 cm³/mol. The fourth-order valence-electron chi connectivity index (χ4n) is 4.69. The zero-order valence-electron chi connectivity index (χ0n) is 21.5. The van der Waals surface area contributed by atoms with E-state index >= 15 is 0 Å². The van der Waals surface area contributed by atoms with Crippen molar-refractivity contribution in [3.8, 4) is 0 Å². The zero-order valence-corrected chi connectivity index (χ0v) is 22.3. The standard InChI is InChI=1S/C29H34N4O3S/c1-4-11-23(18-28(34)32-37(35,36)24-13-6-5-7-14-24)31-26-16-9-8-15-25(26)30-19-22-20-33(3)27-17-10-12-21(2)29(22)27/h5-10,12-17,20,23,30-31H,4,11,18-19H2,1-3H3,(H,32,34)/t23-/m0/s1. The van der Waals surface area contributed by atoms with Gasteiger partial charge >= 0.3 is 0 Å². The normalized spacial score (nSPS) is 12.3. The molecule has 1 aromatic heterocycles. The Hall–Kier alpha value is -3.78. The Labute approximate surface area is 219 Å². The quantitative estimate of drug-likeness (QED) is 0.241. The number of nitrogens with zero attached hydrogens (tertiary/aromatic N) is 1. The highest BCUT2D eigenvalue weighted by Crippen LogP contribution is 2.28. The first-order valence-electron chi connectivity index (χ1n) is 12.5. The van der Waals surface area contributed by atoms with Gasteiger partial charge in [-0.2, -0.15) is 0 Å². The topological polar surface area (TPSA) is 92.2 Å². The fourth-order valence-corrected chi connectivity index (χ4v) is 5.70. The number of benzene rings is 3. The molecular formula is C29H34N4O3S. The highest BCUT2D eigenvalue weighted by molar-refractivity contribution is 7.90. The molecule has 8 heteroatoms. The maximum atomic E-state index is 12.7. The minimum absolute atomic E-state index is 0.0384. The van der Waals surface area contributed by atoms with E-state index in [0.717, 1.165) is 24.2 Å². The van der Waals surface area contributed by atoms with Gasteiger partial charge in [-0.1, -0.05) is 55.8 Å². The van der Waals surface area contributed by atoms with Crippen LogP contribution in [0.15, 0.2) is 83.9 Å². The van der Waals surface area contributed by atoms with Crippen LogP contribution >= 0.6 is 0 Å². The van der Waals surface area contributed by atoms with Crippen LogP contribution in [0.25, 0.3) is 10.9 Å². The number of amides is 1. The number of aromatic nitrogens is 1. The second-order valence-electron chi connectivity index (χ2n) is 9.31. The number of sulfonamides is 1. The molecule has 3 aromatic carbocycles. The van der Waals surface area contributed by atoms with Crippen LogP contribution in [-0.2, 0) is 28.4 Å². The van der Waals surface area contributed by atoms with Gasteiger partial charge in [-0.15, -0.1) is 0 Å². The van der Waals surface area contributed by atoms with Crippen LogP contribution < -0.4 is 15.4 Å². The Morgan fingerprint density at radius 3 is 2.38 bits per heavy atom. The summed E-state index contributed by atoms with van der Waals surface area (Å²) in [5.41, 5.74) is 5.44. The van der Waals surface area contributed by atoms with E-state index < -0.39 is 15.9 Å². The summed E-state index contributed by atoms with van der Waals surface area (Å²) < 4.78 is 29.5. The van der Waals surface area contributed by atoms with E-state index in [0.29, 0.717) is 6.54 Å². The predicted octanol–water partition coefficient (Wildman–Crippen LogP) is 5.57. The average Bonchev–Trinajstić information content (AvgIpc) is 3.20. The van der Waals surface area contributed by atoms with Gasteiger partial charge in [0.1, 0.15) is 0 Å². The summed E-state index contributed by atoms with van der Waals surface area (Å²) in [7, 11) is -1.85. The Kier molecular flexibility index (Phi) is 8.18. The van der Waals surface area contributed by atoms with Crippen LogP contribution in [0, 0.1) is 6.92 Å². The summed E-state index contributed by atoms with van der Waals surface area (Å²) in [5.74, 6) is -0.536. The number of fused-ring (bicyclic) bond motifs is 1. The molecule has 194 valence electrons. The van der Waals surface area contributed by atoms with Crippen molar-refractivity contribution in [1.82, 2.24) is 9.29 Å². The van der Waals surface area contributed by atoms with E-state index in [1.54, 1.807) is 18.2 Å². The summed E-state index contributed by atoms with van der Waals surface area (Å²) in [4.78, 5) is 12.8. The number of hydrogen-bond donors (Lipinski definition) is 3. The Morgan fingerprint density at radius 1 is 0.946 bits per heavy atom. The molecular weight excluding hydrogens is 484 g/mol. The van der Waals surface area contributed by atoms with Gasteiger partial charge in [0, 0.05) is 43.2 Å². The molecule has 0 unspecified atom stereocenters. The largest absolute Gasteiger partial charge is 0.380 e. The molecule has 4 aromatic rings. The molecule has 0 radical (unpaired) electrons. The molecule has 1 amide bonds. The van der Waals surface area contributed by atoms with E-state index in [1.165, 1.54) is 34.2 Å². The first kappa shape index (κ1) is 26.3. The van der Waals surface area contributed by atoms with E-state index in [2.05, 4.69) is 58.3 Å². The molecule has 0 aliphatic rings. The average molecular weight is 519 g/mol. The van der Waals surface area contributed by atoms with Crippen molar-refractivity contribution in [3.05, 3.63) is 90.1 Å². The van der Waals surface area contributed by atoms with Crippen LogP contribution in [0.3, 0.4) is 0 Å². The molecule has 0 aliphatic heterocycles. The lowest BCUT2D eigenvalue weighted by Gasteiger charge is -2.21. The number of nitrogens with one attached hydrogen (secondary N) is 3. The number of anilines is 2. The van der Waals surface area contributed by atoms with Crippen molar-refractivity contribution in [3.63, 3.8) is 0 Å². The van der Waals surface area contributed by atoms with E-state index in [9.17, 15) is 13.2 Å². The monoisotopic (exact) mass is 518 g/mol. The molecule has 7 nitrogen and oxygen atoms in total. The smallest absolute Gasteiger partial charge is 0.264 e. The molecule has 37 heavy (non-hydrogen) atoms. The van der Waals surface area contributed by atoms with Crippen molar-refractivity contribution in [2.45, 2.75) is 50.6 Å². The van der Waals surface area contributed by atoms with Gasteiger partial charge in [0.25, 0.3) is 10.0 Å². The molecule has 4 rings (SSSR count). The Balaban J connectivity index is 1.46. The second-order valence-corrected chi connectivity index (χ2v) is 11.0.